The van der Waals surface area contributed by atoms with Crippen molar-refractivity contribution in [2.24, 2.45) is 0 Å². The third kappa shape index (κ3) is 4.73. The van der Waals surface area contributed by atoms with Crippen molar-refractivity contribution in [1.29, 1.82) is 0 Å². The molecule has 2 aromatic carbocycles. The molecule has 1 aliphatic rings. The van der Waals surface area contributed by atoms with Gasteiger partial charge in [0, 0.05) is 34.6 Å². The van der Waals surface area contributed by atoms with Gasteiger partial charge in [0.2, 0.25) is 5.91 Å². The number of amides is 2. The Labute approximate surface area is 210 Å². The lowest BCUT2D eigenvalue weighted by atomic mass is 9.95. The van der Waals surface area contributed by atoms with Crippen LogP contribution in [0.2, 0.25) is 5.02 Å². The predicted molar refractivity (Wildman–Crippen MR) is 133 cm³/mol. The third-order valence-electron chi connectivity index (χ3n) is 5.68. The summed E-state index contributed by atoms with van der Waals surface area (Å²) < 4.78 is 6.63. The van der Waals surface area contributed by atoms with E-state index in [1.54, 1.807) is 44.3 Å². The van der Waals surface area contributed by atoms with Crippen LogP contribution in [0, 0.1) is 10.1 Å². The molecule has 0 aliphatic carbocycles. The normalized spacial score (nSPS) is 15.3. The van der Waals surface area contributed by atoms with Crippen molar-refractivity contribution in [3.05, 3.63) is 80.6 Å². The second kappa shape index (κ2) is 10.1. The predicted octanol–water partition coefficient (Wildman–Crippen LogP) is 4.15. The van der Waals surface area contributed by atoms with Crippen molar-refractivity contribution in [3.8, 4) is 0 Å². The van der Waals surface area contributed by atoms with E-state index in [4.69, 9.17) is 16.3 Å². The first-order valence-corrected chi connectivity index (χ1v) is 11.4. The molecule has 0 fully saturated rings. The maximum atomic E-state index is 13.2. The average Bonchev–Trinajstić information content (AvgIpc) is 3.21. The van der Waals surface area contributed by atoms with Crippen LogP contribution in [-0.2, 0) is 9.53 Å². The van der Waals surface area contributed by atoms with Gasteiger partial charge < -0.3 is 20.7 Å². The van der Waals surface area contributed by atoms with Crippen LogP contribution in [0.1, 0.15) is 30.2 Å². The molecule has 1 unspecified atom stereocenters. The number of urea groups is 1. The van der Waals surface area contributed by atoms with Gasteiger partial charge in [-0.1, -0.05) is 29.8 Å². The number of benzene rings is 2. The Kier molecular flexibility index (Phi) is 6.93. The van der Waals surface area contributed by atoms with Crippen molar-refractivity contribution in [2.45, 2.75) is 19.9 Å². The fourth-order valence-electron chi connectivity index (χ4n) is 4.08. The summed E-state index contributed by atoms with van der Waals surface area (Å²) in [7, 11) is 0. The Morgan fingerprint density at radius 2 is 2.00 bits per heavy atom. The van der Waals surface area contributed by atoms with Gasteiger partial charge in [-0.2, -0.15) is 0 Å². The molecule has 4 rings (SSSR count). The number of anilines is 1. The largest absolute Gasteiger partial charge is 0.463 e. The molecule has 0 bridgehead atoms. The minimum absolute atomic E-state index is 0.0542. The number of esters is 1. The van der Waals surface area contributed by atoms with Gasteiger partial charge in [0.15, 0.2) is 0 Å². The third-order valence-corrected chi connectivity index (χ3v) is 5.98. The lowest BCUT2D eigenvalue weighted by molar-refractivity contribution is -0.384. The van der Waals surface area contributed by atoms with Crippen LogP contribution in [0.15, 0.2) is 59.9 Å². The Bertz CT molecular complexity index is 1430. The Morgan fingerprint density at radius 3 is 2.69 bits per heavy atom. The molecule has 3 N–H and O–H groups in total. The van der Waals surface area contributed by atoms with E-state index in [2.05, 4.69) is 16.0 Å². The molecule has 0 radical (unpaired) electrons. The summed E-state index contributed by atoms with van der Waals surface area (Å²) in [6, 6.07) is 9.88. The number of halogens is 1. The zero-order valence-corrected chi connectivity index (χ0v) is 20.1. The van der Waals surface area contributed by atoms with Gasteiger partial charge in [0.25, 0.3) is 5.69 Å². The minimum atomic E-state index is -0.835. The van der Waals surface area contributed by atoms with E-state index in [0.29, 0.717) is 27.9 Å². The summed E-state index contributed by atoms with van der Waals surface area (Å²) in [4.78, 5) is 48.6. The molecule has 0 saturated heterocycles. The second-order valence-corrected chi connectivity index (χ2v) is 8.34. The van der Waals surface area contributed by atoms with Crippen LogP contribution in [0.4, 0.5) is 16.2 Å². The highest BCUT2D eigenvalue weighted by Gasteiger charge is 2.34. The van der Waals surface area contributed by atoms with Crippen LogP contribution in [0.25, 0.3) is 10.9 Å². The Hall–Kier alpha value is -4.38. The molecule has 0 spiro atoms. The molecule has 2 amide bonds. The molecule has 11 nitrogen and oxygen atoms in total. The topological polar surface area (TPSA) is 145 Å². The number of carbonyl (C=O) groups is 3. The average molecular weight is 512 g/mol. The summed E-state index contributed by atoms with van der Waals surface area (Å²) in [6.07, 6.45) is 1.58. The van der Waals surface area contributed by atoms with Gasteiger partial charge in [-0.15, -0.1) is 0 Å². The summed E-state index contributed by atoms with van der Waals surface area (Å²) in [5, 5.41) is 19.9. The number of para-hydroxylation sites is 1. The maximum Gasteiger partial charge on any atom is 0.338 e. The molecule has 186 valence electrons. The number of nitrogens with one attached hydrogen (secondary N) is 3. The number of nitro groups is 1. The van der Waals surface area contributed by atoms with Gasteiger partial charge >= 0.3 is 12.0 Å². The highest BCUT2D eigenvalue weighted by Crippen LogP contribution is 2.34. The molecule has 12 heteroatoms. The SMILES string of the molecule is CCOC(=O)C1=C(C)NC(=O)NC1c1cn(C(=O)CNc2ccc([N+](=O)[O-])c(Cl)c2)c2ccccc12. The van der Waals surface area contributed by atoms with E-state index in [1.165, 1.54) is 22.8 Å². The number of fused-ring (bicyclic) bond motifs is 1. The fraction of sp³-hybridized carbons (Fsp3) is 0.208. The number of carbonyl (C=O) groups excluding carboxylic acids is 3. The first-order valence-electron chi connectivity index (χ1n) is 11.0. The molecular weight excluding hydrogens is 490 g/mol. The number of nitro benzene ring substituents is 1. The number of aromatic nitrogens is 1. The summed E-state index contributed by atoms with van der Waals surface area (Å²) in [5.74, 6) is -0.919. The highest BCUT2D eigenvalue weighted by atomic mass is 35.5. The minimum Gasteiger partial charge on any atom is -0.463 e. The number of allylic oxidation sites excluding steroid dienone is 1. The van der Waals surface area contributed by atoms with Gasteiger partial charge in [-0.3, -0.25) is 19.5 Å². The van der Waals surface area contributed by atoms with Crippen molar-refractivity contribution in [1.82, 2.24) is 15.2 Å². The van der Waals surface area contributed by atoms with Crippen LogP contribution < -0.4 is 16.0 Å². The van der Waals surface area contributed by atoms with Crippen LogP contribution in [-0.4, -0.2) is 40.5 Å². The second-order valence-electron chi connectivity index (χ2n) is 7.93. The van der Waals surface area contributed by atoms with E-state index in [0.717, 1.165) is 0 Å². The number of hydrogen-bond acceptors (Lipinski definition) is 7. The monoisotopic (exact) mass is 511 g/mol. The number of rotatable bonds is 7. The highest BCUT2D eigenvalue weighted by molar-refractivity contribution is 6.32. The van der Waals surface area contributed by atoms with E-state index >= 15 is 0 Å². The fourth-order valence-corrected chi connectivity index (χ4v) is 4.33. The number of nitrogens with zero attached hydrogens (tertiary/aromatic N) is 2. The molecule has 3 aromatic rings. The number of hydrogen-bond donors (Lipinski definition) is 3. The molecule has 1 aliphatic heterocycles. The smallest absolute Gasteiger partial charge is 0.338 e. The van der Waals surface area contributed by atoms with E-state index < -0.39 is 23.0 Å². The lowest BCUT2D eigenvalue weighted by Crippen LogP contribution is -2.45. The lowest BCUT2D eigenvalue weighted by Gasteiger charge is -2.27. The van der Waals surface area contributed by atoms with Crippen molar-refractivity contribution in [2.75, 3.05) is 18.5 Å². The van der Waals surface area contributed by atoms with Crippen molar-refractivity contribution >= 4 is 51.8 Å². The van der Waals surface area contributed by atoms with Crippen molar-refractivity contribution < 1.29 is 24.0 Å². The van der Waals surface area contributed by atoms with Gasteiger partial charge in [0.1, 0.15) is 5.02 Å². The molecule has 0 saturated carbocycles. The quantitative estimate of drug-likeness (QED) is 0.245. The van der Waals surface area contributed by atoms with E-state index in [1.807, 2.05) is 0 Å². The molecular formula is C24H22ClN5O6. The Balaban J connectivity index is 1.67. The van der Waals surface area contributed by atoms with Crippen LogP contribution in [0.3, 0.4) is 0 Å². The molecule has 36 heavy (non-hydrogen) atoms. The van der Waals surface area contributed by atoms with Crippen LogP contribution >= 0.6 is 11.6 Å². The molecule has 1 aromatic heterocycles. The zero-order chi connectivity index (χ0) is 26.0. The zero-order valence-electron chi connectivity index (χ0n) is 19.3. The van der Waals surface area contributed by atoms with Crippen molar-refractivity contribution in [3.63, 3.8) is 0 Å². The van der Waals surface area contributed by atoms with Gasteiger partial charge in [0.05, 0.1) is 35.2 Å². The molecule has 2 heterocycles. The van der Waals surface area contributed by atoms with Gasteiger partial charge in [-0.05, 0) is 32.0 Å². The summed E-state index contributed by atoms with van der Waals surface area (Å²) in [5.41, 5.74) is 1.93. The van der Waals surface area contributed by atoms with E-state index in [9.17, 15) is 24.5 Å². The first kappa shape index (κ1) is 24.7. The van der Waals surface area contributed by atoms with E-state index in [-0.39, 0.29) is 35.3 Å². The summed E-state index contributed by atoms with van der Waals surface area (Å²) in [6.45, 7) is 3.31. The van der Waals surface area contributed by atoms with Gasteiger partial charge in [-0.25, -0.2) is 9.59 Å². The standard InChI is InChI=1S/C24H22ClN5O6/c1-3-36-23(32)21-13(2)27-24(33)28-22(21)16-12-29(18-7-5-4-6-15(16)18)20(31)11-26-14-8-9-19(30(34)35)17(25)10-14/h4-10,12,22,26H,3,11H2,1-2H3,(H2,27,28,33). The van der Waals surface area contributed by atoms with Crippen LogP contribution in [0.5, 0.6) is 0 Å². The number of ether oxygens (including phenoxy) is 1. The molecule has 1 atom stereocenters. The Morgan fingerprint density at radius 1 is 1.25 bits per heavy atom. The summed E-state index contributed by atoms with van der Waals surface area (Å²) >= 11 is 5.96. The first-order chi connectivity index (χ1) is 17.2. The maximum absolute atomic E-state index is 13.2.